The van der Waals surface area contributed by atoms with Gasteiger partial charge in [0.05, 0.1) is 17.0 Å². The third kappa shape index (κ3) is 3.76. The average molecular weight is 589 g/mol. The van der Waals surface area contributed by atoms with Crippen molar-refractivity contribution in [3.05, 3.63) is 29.2 Å². The van der Waals surface area contributed by atoms with E-state index in [0.717, 1.165) is 36.7 Å². The summed E-state index contributed by atoms with van der Waals surface area (Å²) >= 11 is 0. The van der Waals surface area contributed by atoms with Crippen molar-refractivity contribution in [3.8, 4) is 0 Å². The van der Waals surface area contributed by atoms with Crippen molar-refractivity contribution in [2.45, 2.75) is 105 Å². The normalized spacial score (nSPS) is 44.0. The average Bonchev–Trinajstić information content (AvgIpc) is 3.36. The second-order valence-electron chi connectivity index (χ2n) is 15.9. The van der Waals surface area contributed by atoms with Crippen LogP contribution in [0, 0.1) is 44.8 Å². The number of amides is 1. The first-order valence-electron chi connectivity index (χ1n) is 15.4. The van der Waals surface area contributed by atoms with E-state index in [1.807, 2.05) is 13.0 Å². The molecule has 0 saturated heterocycles. The number of carbonyl (C=O) groups excluding carboxylic acids is 3. The highest BCUT2D eigenvalue weighted by Crippen LogP contribution is 2.74. The largest absolute Gasteiger partial charge is 0.405 e. The summed E-state index contributed by atoms with van der Waals surface area (Å²) in [5.41, 5.74) is -1.38. The summed E-state index contributed by atoms with van der Waals surface area (Å²) in [4.78, 5) is 40.9. The zero-order chi connectivity index (χ0) is 30.7. The number of fused-ring (bicyclic) bond motifs is 8. The van der Waals surface area contributed by atoms with Crippen molar-refractivity contribution >= 4 is 18.0 Å². The molecule has 5 aliphatic carbocycles. The molecule has 1 aromatic rings. The van der Waals surface area contributed by atoms with Crippen LogP contribution in [0.1, 0.15) is 97.8 Å². The minimum Gasteiger partial charge on any atom is -0.360 e. The van der Waals surface area contributed by atoms with Crippen LogP contribution in [0.3, 0.4) is 0 Å². The Bertz CT molecular complexity index is 1380. The van der Waals surface area contributed by atoms with Gasteiger partial charge in [0, 0.05) is 11.5 Å². The van der Waals surface area contributed by atoms with Gasteiger partial charge in [-0.25, -0.2) is 0 Å². The van der Waals surface area contributed by atoms with Crippen LogP contribution in [0.15, 0.2) is 22.4 Å². The van der Waals surface area contributed by atoms with E-state index in [-0.39, 0.29) is 28.4 Å². The first kappa shape index (κ1) is 29.6. The third-order valence-electron chi connectivity index (χ3n) is 13.2. The second-order valence-corrected chi connectivity index (χ2v) is 15.9. The van der Waals surface area contributed by atoms with Gasteiger partial charge >= 0.3 is 6.18 Å². The number of allylic oxidation sites excluding steroid dienone is 2. The predicted octanol–water partition coefficient (Wildman–Crippen LogP) is 6.53. The zero-order valence-electron chi connectivity index (χ0n) is 25.5. The molecule has 0 spiro atoms. The summed E-state index contributed by atoms with van der Waals surface area (Å²) in [5, 5.41) is 6.26. The minimum atomic E-state index is -4.50. The van der Waals surface area contributed by atoms with E-state index in [0.29, 0.717) is 37.9 Å². The van der Waals surface area contributed by atoms with E-state index in [2.05, 4.69) is 45.1 Å². The van der Waals surface area contributed by atoms with Gasteiger partial charge in [-0.3, -0.25) is 9.59 Å². The maximum Gasteiger partial charge on any atom is 0.405 e. The van der Waals surface area contributed by atoms with Crippen LogP contribution in [0.5, 0.6) is 0 Å². The first-order valence-corrected chi connectivity index (χ1v) is 15.4. The number of aldehydes is 1. The number of hydrogen-bond acceptors (Lipinski definition) is 5. The lowest BCUT2D eigenvalue weighted by molar-refractivity contribution is -0.181. The monoisotopic (exact) mass is 588 g/mol. The van der Waals surface area contributed by atoms with Gasteiger partial charge in [-0.2, -0.15) is 13.2 Å². The maximum absolute atomic E-state index is 14.5. The number of nitrogens with zero attached hydrogens (tertiary/aromatic N) is 1. The quantitative estimate of drug-likeness (QED) is 0.406. The van der Waals surface area contributed by atoms with Crippen molar-refractivity contribution in [1.29, 1.82) is 0 Å². The predicted molar refractivity (Wildman–Crippen MR) is 149 cm³/mol. The Hall–Kier alpha value is -2.45. The molecule has 42 heavy (non-hydrogen) atoms. The molecule has 0 radical (unpaired) electrons. The van der Waals surface area contributed by atoms with Gasteiger partial charge in [-0.05, 0) is 97.9 Å². The van der Waals surface area contributed by atoms with Gasteiger partial charge in [-0.1, -0.05) is 45.3 Å². The van der Waals surface area contributed by atoms with E-state index in [1.54, 1.807) is 6.20 Å². The summed E-state index contributed by atoms with van der Waals surface area (Å²) in [6, 6.07) is 0. The number of alkyl halides is 3. The summed E-state index contributed by atoms with van der Waals surface area (Å²) in [7, 11) is 0. The molecule has 5 aliphatic rings. The highest BCUT2D eigenvalue weighted by Gasteiger charge is 2.71. The molecular weight excluding hydrogens is 545 g/mol. The molecule has 3 fully saturated rings. The van der Waals surface area contributed by atoms with Crippen molar-refractivity contribution in [3.63, 3.8) is 0 Å². The highest BCUT2D eigenvalue weighted by molar-refractivity contribution is 5.96. The van der Waals surface area contributed by atoms with Crippen molar-refractivity contribution in [2.75, 3.05) is 6.54 Å². The first-order chi connectivity index (χ1) is 19.4. The fourth-order valence-corrected chi connectivity index (χ4v) is 10.9. The summed E-state index contributed by atoms with van der Waals surface area (Å²) in [6.07, 6.45) is 5.03. The smallest absolute Gasteiger partial charge is 0.360 e. The van der Waals surface area contributed by atoms with Gasteiger partial charge in [0.1, 0.15) is 12.8 Å². The fraction of sp³-hybridized carbons (Fsp3) is 0.758. The number of carbonyl (C=O) groups is 3. The standard InChI is InChI=1S/C33H43F3N2O4/c1-27(2)9-11-32(26(41)37-17-33(34,35)36)12-10-31(6)24(20(32)15-27)21(40)13-23-28(3)14-19-16-38-42-25(19)29(4,18-39)22(28)7-8-30(23,31)5/h13,16,18,20,22,24H,7-12,14-15,17H2,1-6H3,(H,37,41)/t20-,22+,24-,28-,29-,30+,31+,32-/m0/s1. The second kappa shape index (κ2) is 8.81. The molecule has 6 rings (SSSR count). The number of aromatic nitrogens is 1. The van der Waals surface area contributed by atoms with E-state index >= 15 is 0 Å². The lowest BCUT2D eigenvalue weighted by Gasteiger charge is -2.69. The molecule has 3 saturated carbocycles. The van der Waals surface area contributed by atoms with E-state index in [9.17, 15) is 27.6 Å². The molecule has 0 aliphatic heterocycles. The molecular formula is C33H43F3N2O4. The molecule has 0 unspecified atom stereocenters. The molecule has 1 N–H and O–H groups in total. The van der Waals surface area contributed by atoms with Crippen LogP contribution in [0.4, 0.5) is 13.2 Å². The Labute approximate surface area is 245 Å². The van der Waals surface area contributed by atoms with Crippen molar-refractivity contribution in [2.24, 2.45) is 44.8 Å². The number of rotatable bonds is 3. The molecule has 0 bridgehead atoms. The minimum absolute atomic E-state index is 0.0221. The number of hydrogen-bond donors (Lipinski definition) is 1. The molecule has 1 amide bonds. The van der Waals surface area contributed by atoms with E-state index in [4.69, 9.17) is 4.52 Å². The Morgan fingerprint density at radius 3 is 2.45 bits per heavy atom. The summed E-state index contributed by atoms with van der Waals surface area (Å²) in [6.45, 7) is 11.5. The van der Waals surface area contributed by atoms with Gasteiger partial charge in [-0.15, -0.1) is 0 Å². The topological polar surface area (TPSA) is 89.3 Å². The molecule has 6 nitrogen and oxygen atoms in total. The molecule has 8 atom stereocenters. The molecule has 0 aromatic carbocycles. The molecule has 1 heterocycles. The molecule has 9 heteroatoms. The van der Waals surface area contributed by atoms with E-state index in [1.165, 1.54) is 0 Å². The number of halogens is 3. The Kier molecular flexibility index (Phi) is 6.21. The van der Waals surface area contributed by atoms with Crippen LogP contribution in [-0.2, 0) is 26.2 Å². The van der Waals surface area contributed by atoms with Gasteiger partial charge in [0.2, 0.25) is 5.91 Å². The highest BCUT2D eigenvalue weighted by atomic mass is 19.4. The Morgan fingerprint density at radius 2 is 1.79 bits per heavy atom. The zero-order valence-corrected chi connectivity index (χ0v) is 25.5. The maximum atomic E-state index is 14.5. The Morgan fingerprint density at radius 1 is 1.10 bits per heavy atom. The number of ketones is 1. The van der Waals surface area contributed by atoms with Crippen molar-refractivity contribution in [1.82, 2.24) is 10.5 Å². The van der Waals surface area contributed by atoms with Crippen LogP contribution < -0.4 is 5.32 Å². The van der Waals surface area contributed by atoms with Crippen molar-refractivity contribution < 1.29 is 32.1 Å². The summed E-state index contributed by atoms with van der Waals surface area (Å²) in [5.74, 6) is -0.849. The van der Waals surface area contributed by atoms with Crippen LogP contribution in [0.2, 0.25) is 0 Å². The van der Waals surface area contributed by atoms with Gasteiger partial charge in [0.15, 0.2) is 11.5 Å². The van der Waals surface area contributed by atoms with Crippen LogP contribution in [-0.4, -0.2) is 35.9 Å². The Balaban J connectivity index is 1.46. The fourth-order valence-electron chi connectivity index (χ4n) is 10.9. The van der Waals surface area contributed by atoms with Gasteiger partial charge in [0.25, 0.3) is 0 Å². The lowest BCUT2D eigenvalue weighted by Crippen LogP contribution is -2.67. The van der Waals surface area contributed by atoms with Crippen LogP contribution in [0.25, 0.3) is 0 Å². The number of nitrogens with one attached hydrogen (secondary N) is 1. The molecule has 1 aromatic heterocycles. The lowest BCUT2D eigenvalue weighted by atomic mass is 9.34. The van der Waals surface area contributed by atoms with Crippen LogP contribution >= 0.6 is 0 Å². The summed E-state index contributed by atoms with van der Waals surface area (Å²) < 4.78 is 45.1. The van der Waals surface area contributed by atoms with E-state index < -0.39 is 46.2 Å². The van der Waals surface area contributed by atoms with Gasteiger partial charge < -0.3 is 14.6 Å². The SMILES string of the molecule is CC1(C)CC[C@]2(C(=O)NCC(F)(F)F)CC[C@]3(C)[C@H](C(=O)C=C4[C@@]5(C)Cc6cnoc6[C@@](C)(C=O)[C@@H]5CC[C@]43C)[C@@H]2C1. The third-order valence-corrected chi connectivity index (χ3v) is 13.2. The molecule has 230 valence electrons.